The molecule has 0 spiro atoms. The van der Waals surface area contributed by atoms with Gasteiger partial charge >= 0.3 is 0 Å². The van der Waals surface area contributed by atoms with E-state index in [9.17, 15) is 4.79 Å². The van der Waals surface area contributed by atoms with Gasteiger partial charge in [0.1, 0.15) is 6.33 Å². The van der Waals surface area contributed by atoms with Crippen LogP contribution in [0.5, 0.6) is 0 Å². The average Bonchev–Trinajstić information content (AvgIpc) is 2.38. The molecule has 1 amide bonds. The molecule has 0 aliphatic heterocycles. The van der Waals surface area contributed by atoms with Crippen LogP contribution in [-0.2, 0) is 6.54 Å². The standard InChI is InChI=1S/C11H10N4O/c16-11(9-5-12-8-13-6-9)15-7-10-3-1-2-4-14-10/h1-6,8H,7H2,(H,15,16). The number of amides is 1. The average molecular weight is 214 g/mol. The maximum atomic E-state index is 11.6. The highest BCUT2D eigenvalue weighted by atomic mass is 16.1. The number of nitrogens with zero attached hydrogens (tertiary/aromatic N) is 3. The molecule has 5 nitrogen and oxygen atoms in total. The second-order valence-electron chi connectivity index (χ2n) is 3.13. The van der Waals surface area contributed by atoms with Gasteiger partial charge in [0.15, 0.2) is 0 Å². The summed E-state index contributed by atoms with van der Waals surface area (Å²) in [6.07, 6.45) is 6.02. The predicted octanol–water partition coefficient (Wildman–Crippen LogP) is 0.802. The third kappa shape index (κ3) is 2.60. The van der Waals surface area contributed by atoms with Crippen molar-refractivity contribution in [3.63, 3.8) is 0 Å². The Morgan fingerprint density at radius 3 is 2.75 bits per heavy atom. The summed E-state index contributed by atoms with van der Waals surface area (Å²) in [6.45, 7) is 0.397. The number of hydrogen-bond donors (Lipinski definition) is 1. The van der Waals surface area contributed by atoms with Gasteiger partial charge in [-0.2, -0.15) is 0 Å². The molecule has 2 heterocycles. The summed E-state index contributed by atoms with van der Waals surface area (Å²) < 4.78 is 0. The molecule has 16 heavy (non-hydrogen) atoms. The van der Waals surface area contributed by atoms with Crippen molar-refractivity contribution in [1.29, 1.82) is 0 Å². The van der Waals surface area contributed by atoms with Crippen LogP contribution in [0.15, 0.2) is 43.1 Å². The number of pyridine rings is 1. The Bertz CT molecular complexity index is 458. The van der Waals surface area contributed by atoms with Crippen molar-refractivity contribution in [3.8, 4) is 0 Å². The lowest BCUT2D eigenvalue weighted by Gasteiger charge is -2.03. The van der Waals surface area contributed by atoms with Crippen LogP contribution in [0.1, 0.15) is 16.1 Å². The van der Waals surface area contributed by atoms with Crippen LogP contribution in [0.2, 0.25) is 0 Å². The molecular formula is C11H10N4O. The smallest absolute Gasteiger partial charge is 0.254 e. The van der Waals surface area contributed by atoms with Gasteiger partial charge in [-0.1, -0.05) is 6.07 Å². The fourth-order valence-corrected chi connectivity index (χ4v) is 1.19. The van der Waals surface area contributed by atoms with E-state index >= 15 is 0 Å². The zero-order valence-electron chi connectivity index (χ0n) is 8.50. The number of carbonyl (C=O) groups excluding carboxylic acids is 1. The molecule has 0 saturated carbocycles. The van der Waals surface area contributed by atoms with Gasteiger partial charge in [0, 0.05) is 18.6 Å². The van der Waals surface area contributed by atoms with E-state index in [1.54, 1.807) is 6.20 Å². The van der Waals surface area contributed by atoms with E-state index in [2.05, 4.69) is 20.3 Å². The van der Waals surface area contributed by atoms with Gasteiger partial charge in [-0.25, -0.2) is 9.97 Å². The van der Waals surface area contributed by atoms with Crippen molar-refractivity contribution in [2.75, 3.05) is 0 Å². The third-order valence-corrected chi connectivity index (χ3v) is 1.98. The molecule has 0 radical (unpaired) electrons. The summed E-state index contributed by atoms with van der Waals surface area (Å²) >= 11 is 0. The molecule has 0 saturated heterocycles. The Kier molecular flexibility index (Phi) is 3.18. The van der Waals surface area contributed by atoms with Crippen LogP contribution in [0, 0.1) is 0 Å². The highest BCUT2D eigenvalue weighted by molar-refractivity contribution is 5.93. The van der Waals surface area contributed by atoms with E-state index in [1.165, 1.54) is 18.7 Å². The largest absolute Gasteiger partial charge is 0.346 e. The number of nitrogens with one attached hydrogen (secondary N) is 1. The monoisotopic (exact) mass is 214 g/mol. The van der Waals surface area contributed by atoms with Crippen molar-refractivity contribution >= 4 is 5.91 Å². The molecule has 0 atom stereocenters. The van der Waals surface area contributed by atoms with E-state index in [-0.39, 0.29) is 5.91 Å². The maximum absolute atomic E-state index is 11.6. The first kappa shape index (κ1) is 10.2. The Balaban J connectivity index is 1.95. The normalized spacial score (nSPS) is 9.75. The number of hydrogen-bond acceptors (Lipinski definition) is 4. The zero-order valence-corrected chi connectivity index (χ0v) is 8.50. The van der Waals surface area contributed by atoms with Crippen molar-refractivity contribution < 1.29 is 4.79 Å². The summed E-state index contributed by atoms with van der Waals surface area (Å²) in [5.74, 6) is -0.203. The van der Waals surface area contributed by atoms with Gasteiger partial charge in [-0.3, -0.25) is 9.78 Å². The highest BCUT2D eigenvalue weighted by Crippen LogP contribution is 1.96. The van der Waals surface area contributed by atoms with Gasteiger partial charge < -0.3 is 5.32 Å². The molecule has 80 valence electrons. The predicted molar refractivity (Wildman–Crippen MR) is 57.4 cm³/mol. The summed E-state index contributed by atoms with van der Waals surface area (Å²) in [7, 11) is 0. The Morgan fingerprint density at radius 1 is 1.25 bits per heavy atom. The molecule has 2 rings (SSSR count). The van der Waals surface area contributed by atoms with E-state index in [4.69, 9.17) is 0 Å². The van der Waals surface area contributed by atoms with Crippen LogP contribution < -0.4 is 5.32 Å². The molecule has 2 aromatic rings. The molecule has 0 aliphatic rings. The minimum Gasteiger partial charge on any atom is -0.346 e. The third-order valence-electron chi connectivity index (χ3n) is 1.98. The number of rotatable bonds is 3. The minimum atomic E-state index is -0.203. The van der Waals surface area contributed by atoms with Gasteiger partial charge in [0.05, 0.1) is 17.8 Å². The summed E-state index contributed by atoms with van der Waals surface area (Å²) in [5.41, 5.74) is 1.26. The van der Waals surface area contributed by atoms with Crippen molar-refractivity contribution in [2.45, 2.75) is 6.54 Å². The van der Waals surface area contributed by atoms with Gasteiger partial charge in [0.2, 0.25) is 0 Å². The molecule has 0 fully saturated rings. The molecule has 0 aromatic carbocycles. The number of aromatic nitrogens is 3. The van der Waals surface area contributed by atoms with Crippen LogP contribution in [-0.4, -0.2) is 20.9 Å². The first-order chi connectivity index (χ1) is 7.86. The second-order valence-corrected chi connectivity index (χ2v) is 3.13. The molecule has 0 unspecified atom stereocenters. The number of carbonyl (C=O) groups is 1. The van der Waals surface area contributed by atoms with Crippen molar-refractivity contribution in [2.24, 2.45) is 0 Å². The molecule has 0 aliphatic carbocycles. The van der Waals surface area contributed by atoms with Gasteiger partial charge in [0.25, 0.3) is 5.91 Å². The van der Waals surface area contributed by atoms with E-state index in [1.807, 2.05) is 18.2 Å². The first-order valence-corrected chi connectivity index (χ1v) is 4.79. The quantitative estimate of drug-likeness (QED) is 0.820. The van der Waals surface area contributed by atoms with Crippen LogP contribution in [0.3, 0.4) is 0 Å². The Labute approximate surface area is 92.6 Å². The topological polar surface area (TPSA) is 67.8 Å². The van der Waals surface area contributed by atoms with Gasteiger partial charge in [-0.05, 0) is 12.1 Å². The van der Waals surface area contributed by atoms with E-state index < -0.39 is 0 Å². The van der Waals surface area contributed by atoms with Crippen molar-refractivity contribution in [3.05, 3.63) is 54.4 Å². The second kappa shape index (κ2) is 4.97. The molecule has 2 aromatic heterocycles. The zero-order chi connectivity index (χ0) is 11.2. The Morgan fingerprint density at radius 2 is 2.06 bits per heavy atom. The maximum Gasteiger partial charge on any atom is 0.254 e. The van der Waals surface area contributed by atoms with Crippen LogP contribution in [0.4, 0.5) is 0 Å². The minimum absolute atomic E-state index is 0.203. The fraction of sp³-hybridized carbons (Fsp3) is 0.0909. The van der Waals surface area contributed by atoms with Crippen molar-refractivity contribution in [1.82, 2.24) is 20.3 Å². The van der Waals surface area contributed by atoms with Gasteiger partial charge in [-0.15, -0.1) is 0 Å². The highest BCUT2D eigenvalue weighted by Gasteiger charge is 2.04. The summed E-state index contributed by atoms with van der Waals surface area (Å²) in [4.78, 5) is 23.2. The lowest BCUT2D eigenvalue weighted by molar-refractivity contribution is 0.0949. The van der Waals surface area contributed by atoms with E-state index in [0.29, 0.717) is 12.1 Å². The van der Waals surface area contributed by atoms with Crippen LogP contribution >= 0.6 is 0 Å². The Hall–Kier alpha value is -2.30. The lowest BCUT2D eigenvalue weighted by atomic mass is 10.3. The van der Waals surface area contributed by atoms with E-state index in [0.717, 1.165) is 5.69 Å². The summed E-state index contributed by atoms with van der Waals surface area (Å²) in [6, 6.07) is 5.55. The SMILES string of the molecule is O=C(NCc1ccccn1)c1cncnc1. The summed E-state index contributed by atoms with van der Waals surface area (Å²) in [5, 5.41) is 2.73. The van der Waals surface area contributed by atoms with Crippen LogP contribution in [0.25, 0.3) is 0 Å². The fourth-order valence-electron chi connectivity index (χ4n) is 1.19. The molecule has 0 bridgehead atoms. The molecule has 1 N–H and O–H groups in total. The molecular weight excluding hydrogens is 204 g/mol. The first-order valence-electron chi connectivity index (χ1n) is 4.79. The lowest BCUT2D eigenvalue weighted by Crippen LogP contribution is -2.23. The molecule has 5 heteroatoms.